The number of non-ortho nitro benzene ring substituents is 1. The molecule has 200 valence electrons. The third-order valence-corrected chi connectivity index (χ3v) is 6.60. The van der Waals surface area contributed by atoms with E-state index in [0.717, 1.165) is 30.0 Å². The number of anilines is 3. The molecule has 0 unspecified atom stereocenters. The molecule has 2 N–H and O–H groups in total. The number of hydrogen-bond donors (Lipinski definition) is 2. The topological polar surface area (TPSA) is 105 Å². The van der Waals surface area contributed by atoms with E-state index in [4.69, 9.17) is 4.99 Å². The molecule has 0 aliphatic rings. The number of carbonyl (C=O) groups is 1. The molecule has 40 heavy (non-hydrogen) atoms. The highest BCUT2D eigenvalue weighted by atomic mass is 16.6. The van der Waals surface area contributed by atoms with Gasteiger partial charge in [-0.05, 0) is 74.5 Å². The summed E-state index contributed by atoms with van der Waals surface area (Å²) in [7, 11) is 0. The lowest BCUT2D eigenvalue weighted by atomic mass is 10.1. The smallest absolute Gasteiger partial charge is 0.270 e. The minimum absolute atomic E-state index is 0.0124. The third-order valence-electron chi connectivity index (χ3n) is 6.60. The molecular weight excluding hydrogens is 504 g/mol. The fourth-order valence-electron chi connectivity index (χ4n) is 4.38. The molecule has 2 aromatic heterocycles. The average molecular weight is 534 g/mol. The van der Waals surface area contributed by atoms with E-state index in [2.05, 4.69) is 22.1 Å². The van der Waals surface area contributed by atoms with Crippen LogP contribution in [0.2, 0.25) is 0 Å². The molecule has 9 nitrogen and oxygen atoms in total. The Bertz CT molecular complexity index is 1740. The van der Waals surface area contributed by atoms with Crippen LogP contribution in [0.25, 0.3) is 10.9 Å². The zero-order valence-electron chi connectivity index (χ0n) is 22.2. The van der Waals surface area contributed by atoms with E-state index in [0.29, 0.717) is 27.7 Å². The third kappa shape index (κ3) is 5.88. The van der Waals surface area contributed by atoms with Crippen molar-refractivity contribution in [3.63, 3.8) is 0 Å². The maximum absolute atomic E-state index is 12.8. The largest absolute Gasteiger partial charge is 0.355 e. The number of rotatable bonds is 8. The lowest BCUT2D eigenvalue weighted by molar-refractivity contribution is -0.693. The summed E-state index contributed by atoms with van der Waals surface area (Å²) in [6.45, 7) is 5.75. The lowest BCUT2D eigenvalue weighted by Crippen LogP contribution is -2.30. The van der Waals surface area contributed by atoms with Crippen LogP contribution in [0, 0.1) is 10.1 Å². The summed E-state index contributed by atoms with van der Waals surface area (Å²) < 4.78 is 4.10. The zero-order chi connectivity index (χ0) is 28.1. The van der Waals surface area contributed by atoms with Gasteiger partial charge in [-0.3, -0.25) is 14.9 Å². The van der Waals surface area contributed by atoms with Crippen molar-refractivity contribution < 1.29 is 14.3 Å². The van der Waals surface area contributed by atoms with Crippen LogP contribution in [0.3, 0.4) is 0 Å². The first-order valence-electron chi connectivity index (χ1n) is 13.0. The van der Waals surface area contributed by atoms with Crippen molar-refractivity contribution >= 4 is 45.2 Å². The van der Waals surface area contributed by atoms with Crippen LogP contribution in [0.4, 0.5) is 28.4 Å². The quantitative estimate of drug-likeness (QED) is 0.143. The van der Waals surface area contributed by atoms with Gasteiger partial charge in [0.15, 0.2) is 12.4 Å². The number of fused-ring (bicyclic) bond motifs is 1. The number of nitro groups is 1. The Labute approximate surface area is 231 Å². The summed E-state index contributed by atoms with van der Waals surface area (Å²) in [6, 6.07) is 25.1. The predicted molar refractivity (Wildman–Crippen MR) is 156 cm³/mol. The molecule has 5 rings (SSSR count). The van der Waals surface area contributed by atoms with Gasteiger partial charge >= 0.3 is 0 Å². The molecule has 0 fully saturated rings. The molecule has 9 heteroatoms. The summed E-state index contributed by atoms with van der Waals surface area (Å²) in [4.78, 5) is 28.5. The van der Waals surface area contributed by atoms with Crippen molar-refractivity contribution in [2.45, 2.75) is 26.9 Å². The van der Waals surface area contributed by atoms with Gasteiger partial charge in [0.25, 0.3) is 11.6 Å². The fraction of sp³-hybridized carbons (Fsp3) is 0.129. The Balaban J connectivity index is 1.30. The van der Waals surface area contributed by atoms with Crippen molar-refractivity contribution in [2.75, 3.05) is 10.6 Å². The molecular formula is C31H29N6O3+. The highest BCUT2D eigenvalue weighted by Crippen LogP contribution is 2.21. The second kappa shape index (κ2) is 11.6. The molecule has 5 aromatic rings. The van der Waals surface area contributed by atoms with E-state index >= 15 is 0 Å². The highest BCUT2D eigenvalue weighted by molar-refractivity contribution is 6.04. The standard InChI is InChI=1S/C31H28N6O3/c1-3-35-18-15-26(16-19-35)32-23-9-11-25(12-10-23)34-31(38)22-5-7-24(8-6-22)33-29-17-20-36(4-2)30-14-13-27(37(39)40)21-28(29)30/h5-21H,3-4H2,1-2H3,(H,34,38)/p+1. The van der Waals surface area contributed by atoms with Crippen molar-refractivity contribution in [3.8, 4) is 0 Å². The van der Waals surface area contributed by atoms with Gasteiger partial charge in [0, 0.05) is 59.3 Å². The van der Waals surface area contributed by atoms with Crippen LogP contribution in [0.5, 0.6) is 0 Å². The first-order valence-corrected chi connectivity index (χ1v) is 13.0. The average Bonchev–Trinajstić information content (AvgIpc) is 2.98. The van der Waals surface area contributed by atoms with Crippen LogP contribution >= 0.6 is 0 Å². The zero-order valence-corrected chi connectivity index (χ0v) is 22.2. The molecule has 0 bridgehead atoms. The number of nitrogens with zero attached hydrogens (tertiary/aromatic N) is 4. The molecule has 0 saturated heterocycles. The molecule has 2 heterocycles. The monoisotopic (exact) mass is 533 g/mol. The normalized spacial score (nSPS) is 11.4. The van der Waals surface area contributed by atoms with Crippen molar-refractivity contribution in [3.05, 3.63) is 125 Å². The summed E-state index contributed by atoms with van der Waals surface area (Å²) in [5.74, 6) is -0.232. The van der Waals surface area contributed by atoms with E-state index in [-0.39, 0.29) is 11.6 Å². The molecule has 0 aliphatic heterocycles. The Kier molecular flexibility index (Phi) is 7.63. The van der Waals surface area contributed by atoms with Crippen LogP contribution in [0.15, 0.2) is 109 Å². The number of nitrogens with one attached hydrogen (secondary N) is 2. The Morgan fingerprint density at radius 2 is 1.57 bits per heavy atom. The summed E-state index contributed by atoms with van der Waals surface area (Å²) >= 11 is 0. The highest BCUT2D eigenvalue weighted by Gasteiger charge is 2.10. The number of amides is 1. The van der Waals surface area contributed by atoms with Gasteiger partial charge < -0.3 is 15.2 Å². The SMILES string of the molecule is CCn1ccc(=Nc2ccc(C(=O)Nc3ccc(Nc4cc[n+](CC)cc4)cc3)cc2)c2cc([N+](=O)[O-])ccc21. The van der Waals surface area contributed by atoms with Gasteiger partial charge in [-0.2, -0.15) is 0 Å². The van der Waals surface area contributed by atoms with Gasteiger partial charge in [-0.1, -0.05) is 0 Å². The molecule has 3 aromatic carbocycles. The number of nitro benzene ring substituents is 1. The van der Waals surface area contributed by atoms with Crippen molar-refractivity contribution in [1.29, 1.82) is 0 Å². The summed E-state index contributed by atoms with van der Waals surface area (Å²) in [6.07, 6.45) is 5.95. The number of aromatic nitrogens is 2. The van der Waals surface area contributed by atoms with E-state index < -0.39 is 4.92 Å². The van der Waals surface area contributed by atoms with Crippen LogP contribution in [-0.2, 0) is 13.1 Å². The minimum atomic E-state index is -0.408. The predicted octanol–water partition coefficient (Wildman–Crippen LogP) is 6.11. The molecule has 0 saturated carbocycles. The van der Waals surface area contributed by atoms with Crippen LogP contribution in [0.1, 0.15) is 24.2 Å². The number of pyridine rings is 2. The number of hydrogen-bond acceptors (Lipinski definition) is 5. The summed E-state index contributed by atoms with van der Waals surface area (Å²) in [5.41, 5.74) is 4.59. The van der Waals surface area contributed by atoms with E-state index in [9.17, 15) is 14.9 Å². The molecule has 0 atom stereocenters. The summed E-state index contributed by atoms with van der Waals surface area (Å²) in [5, 5.41) is 18.9. The number of carbonyl (C=O) groups excluding carboxylic acids is 1. The Hall–Kier alpha value is -5.31. The van der Waals surface area contributed by atoms with Gasteiger partial charge in [0.05, 0.1) is 27.2 Å². The van der Waals surface area contributed by atoms with E-state index in [1.807, 2.05) is 72.5 Å². The van der Waals surface area contributed by atoms with E-state index in [1.165, 1.54) is 6.07 Å². The Morgan fingerprint density at radius 3 is 2.23 bits per heavy atom. The molecule has 0 spiro atoms. The number of aryl methyl sites for hydroxylation is 2. The van der Waals surface area contributed by atoms with E-state index in [1.54, 1.807) is 36.4 Å². The molecule has 0 radical (unpaired) electrons. The van der Waals surface area contributed by atoms with Crippen molar-refractivity contribution in [1.82, 2.24) is 4.57 Å². The first kappa shape index (κ1) is 26.3. The van der Waals surface area contributed by atoms with Gasteiger partial charge in [-0.15, -0.1) is 0 Å². The second-order valence-electron chi connectivity index (χ2n) is 9.18. The molecule has 1 amide bonds. The molecule has 0 aliphatic carbocycles. The maximum atomic E-state index is 12.8. The lowest BCUT2D eigenvalue weighted by Gasteiger charge is -2.09. The number of benzene rings is 3. The maximum Gasteiger partial charge on any atom is 0.270 e. The Morgan fingerprint density at radius 1 is 0.900 bits per heavy atom. The van der Waals surface area contributed by atoms with Crippen LogP contribution < -0.4 is 20.6 Å². The van der Waals surface area contributed by atoms with Gasteiger partial charge in [0.1, 0.15) is 6.54 Å². The minimum Gasteiger partial charge on any atom is -0.355 e. The van der Waals surface area contributed by atoms with Gasteiger partial charge in [0.2, 0.25) is 0 Å². The first-order chi connectivity index (χ1) is 19.4. The second-order valence-corrected chi connectivity index (χ2v) is 9.18. The van der Waals surface area contributed by atoms with Gasteiger partial charge in [-0.25, -0.2) is 9.56 Å². The fourth-order valence-corrected chi connectivity index (χ4v) is 4.38. The van der Waals surface area contributed by atoms with Crippen molar-refractivity contribution in [2.24, 2.45) is 4.99 Å². The van der Waals surface area contributed by atoms with Crippen LogP contribution in [-0.4, -0.2) is 15.4 Å².